The average Bonchev–Trinajstić information content (AvgIpc) is 2.60. The van der Waals surface area contributed by atoms with E-state index in [-0.39, 0.29) is 42.6 Å². The van der Waals surface area contributed by atoms with E-state index in [1.807, 2.05) is 46.8 Å². The average molecular weight is 376 g/mol. The Bertz CT molecular complexity index is 643. The lowest BCUT2D eigenvalue weighted by Gasteiger charge is -2.21. The third kappa shape index (κ3) is 8.24. The van der Waals surface area contributed by atoms with E-state index in [4.69, 9.17) is 0 Å². The second-order valence-electron chi connectivity index (χ2n) is 7.39. The zero-order valence-corrected chi connectivity index (χ0v) is 17.1. The molecule has 0 aliphatic heterocycles. The van der Waals surface area contributed by atoms with Crippen molar-refractivity contribution in [2.24, 2.45) is 5.92 Å². The lowest BCUT2D eigenvalue weighted by Crippen LogP contribution is -2.48. The summed E-state index contributed by atoms with van der Waals surface area (Å²) >= 11 is 0. The summed E-state index contributed by atoms with van der Waals surface area (Å²) in [5.74, 6) is -0.369. The van der Waals surface area contributed by atoms with E-state index in [0.29, 0.717) is 12.0 Å². The summed E-state index contributed by atoms with van der Waals surface area (Å²) < 4.78 is 0. The summed E-state index contributed by atoms with van der Waals surface area (Å²) in [4.78, 5) is 36.9. The molecule has 6 heteroatoms. The lowest BCUT2D eigenvalue weighted by atomic mass is 10.0. The van der Waals surface area contributed by atoms with Crippen LogP contribution in [0.15, 0.2) is 24.3 Å². The first-order chi connectivity index (χ1) is 12.7. The molecule has 150 valence electrons. The smallest absolute Gasteiger partial charge is 0.252 e. The highest BCUT2D eigenvalue weighted by molar-refractivity contribution is 5.98. The van der Waals surface area contributed by atoms with Crippen LogP contribution in [0.1, 0.15) is 62.9 Å². The van der Waals surface area contributed by atoms with Gasteiger partial charge in [0.15, 0.2) is 0 Å². The molecule has 2 unspecified atom stereocenters. The molecule has 1 rings (SSSR count). The number of hydrogen-bond acceptors (Lipinski definition) is 3. The topological polar surface area (TPSA) is 87.3 Å². The molecule has 1 aromatic carbocycles. The number of aryl methyl sites for hydroxylation is 1. The number of rotatable bonds is 10. The number of amides is 3. The summed E-state index contributed by atoms with van der Waals surface area (Å²) in [6.45, 7) is 10.1. The summed E-state index contributed by atoms with van der Waals surface area (Å²) in [5, 5.41) is 8.47. The van der Waals surface area contributed by atoms with Crippen molar-refractivity contribution in [3.05, 3.63) is 35.4 Å². The molecule has 0 aliphatic rings. The first-order valence-electron chi connectivity index (χ1n) is 9.68. The summed E-state index contributed by atoms with van der Waals surface area (Å²) in [6.07, 6.45) is 1.61. The molecular formula is C21H33N3O3. The molecule has 27 heavy (non-hydrogen) atoms. The molecule has 6 nitrogen and oxygen atoms in total. The molecular weight excluding hydrogens is 342 g/mol. The molecule has 0 fully saturated rings. The Hall–Kier alpha value is -2.37. The zero-order chi connectivity index (χ0) is 20.4. The van der Waals surface area contributed by atoms with Gasteiger partial charge < -0.3 is 16.0 Å². The minimum atomic E-state index is -0.630. The van der Waals surface area contributed by atoms with Crippen molar-refractivity contribution in [3.63, 3.8) is 0 Å². The van der Waals surface area contributed by atoms with E-state index in [0.717, 1.165) is 12.0 Å². The highest BCUT2D eigenvalue weighted by Crippen LogP contribution is 2.10. The van der Waals surface area contributed by atoms with Gasteiger partial charge in [-0.1, -0.05) is 39.0 Å². The van der Waals surface area contributed by atoms with Gasteiger partial charge in [-0.05, 0) is 44.2 Å². The number of carbonyl (C=O) groups is 3. The predicted octanol–water partition coefficient (Wildman–Crippen LogP) is 2.56. The van der Waals surface area contributed by atoms with Crippen LogP contribution in [-0.2, 0) is 9.59 Å². The normalized spacial score (nSPS) is 13.0. The fourth-order valence-corrected chi connectivity index (χ4v) is 2.64. The quantitative estimate of drug-likeness (QED) is 0.587. The second-order valence-corrected chi connectivity index (χ2v) is 7.39. The van der Waals surface area contributed by atoms with Crippen LogP contribution in [0.2, 0.25) is 0 Å². The molecule has 0 heterocycles. The van der Waals surface area contributed by atoms with Crippen LogP contribution in [0.4, 0.5) is 0 Å². The van der Waals surface area contributed by atoms with Crippen LogP contribution < -0.4 is 16.0 Å². The van der Waals surface area contributed by atoms with E-state index < -0.39 is 6.04 Å². The predicted molar refractivity (Wildman–Crippen MR) is 107 cm³/mol. The van der Waals surface area contributed by atoms with Gasteiger partial charge in [0.05, 0.1) is 0 Å². The van der Waals surface area contributed by atoms with E-state index in [1.54, 1.807) is 12.1 Å². The van der Waals surface area contributed by atoms with Crippen LogP contribution in [-0.4, -0.2) is 36.3 Å². The van der Waals surface area contributed by atoms with Crippen LogP contribution in [0.3, 0.4) is 0 Å². The van der Waals surface area contributed by atoms with E-state index >= 15 is 0 Å². The molecule has 0 bridgehead atoms. The van der Waals surface area contributed by atoms with Crippen molar-refractivity contribution in [2.75, 3.05) is 6.54 Å². The third-order valence-corrected chi connectivity index (χ3v) is 4.39. The Morgan fingerprint density at radius 2 is 1.70 bits per heavy atom. The van der Waals surface area contributed by atoms with Crippen molar-refractivity contribution < 1.29 is 14.4 Å². The largest absolute Gasteiger partial charge is 0.354 e. The Balaban J connectivity index is 2.62. The molecule has 0 aromatic heterocycles. The second kappa shape index (κ2) is 11.4. The van der Waals surface area contributed by atoms with Gasteiger partial charge in [-0.2, -0.15) is 0 Å². The van der Waals surface area contributed by atoms with Crippen molar-refractivity contribution in [1.82, 2.24) is 16.0 Å². The molecule has 3 amide bonds. The molecule has 1 aromatic rings. The van der Waals surface area contributed by atoms with Gasteiger partial charge >= 0.3 is 0 Å². The first-order valence-corrected chi connectivity index (χ1v) is 9.68. The van der Waals surface area contributed by atoms with Crippen molar-refractivity contribution in [3.8, 4) is 0 Å². The zero-order valence-electron chi connectivity index (χ0n) is 17.1. The molecule has 3 N–H and O–H groups in total. The number of benzene rings is 1. The molecule has 0 saturated heterocycles. The fourth-order valence-electron chi connectivity index (χ4n) is 2.64. The number of carbonyl (C=O) groups excluding carboxylic acids is 3. The maximum absolute atomic E-state index is 12.5. The molecule has 0 aliphatic carbocycles. The third-order valence-electron chi connectivity index (χ3n) is 4.39. The standard InChI is InChI=1S/C21H33N3O3/c1-6-16(5)23-19(25)11-12-22-21(27)18(13-14(2)3)24-20(26)17-10-8-7-9-15(17)4/h7-10,14,16,18H,6,11-13H2,1-5H3,(H,22,27)(H,23,25)(H,24,26). The molecule has 0 radical (unpaired) electrons. The van der Waals surface area contributed by atoms with Gasteiger partial charge in [0.2, 0.25) is 11.8 Å². The van der Waals surface area contributed by atoms with Crippen LogP contribution in [0, 0.1) is 12.8 Å². The minimum Gasteiger partial charge on any atom is -0.354 e. The van der Waals surface area contributed by atoms with Gasteiger partial charge in [-0.15, -0.1) is 0 Å². The maximum Gasteiger partial charge on any atom is 0.252 e. The van der Waals surface area contributed by atoms with Gasteiger partial charge in [-0.3, -0.25) is 14.4 Å². The van der Waals surface area contributed by atoms with Crippen LogP contribution >= 0.6 is 0 Å². The van der Waals surface area contributed by atoms with E-state index in [2.05, 4.69) is 16.0 Å². The Kier molecular flexibility index (Phi) is 9.54. The fraction of sp³-hybridized carbons (Fsp3) is 0.571. The lowest BCUT2D eigenvalue weighted by molar-refractivity contribution is -0.124. The molecule has 0 spiro atoms. The van der Waals surface area contributed by atoms with Crippen LogP contribution in [0.5, 0.6) is 0 Å². The first kappa shape index (κ1) is 22.7. The van der Waals surface area contributed by atoms with Crippen LogP contribution in [0.25, 0.3) is 0 Å². The van der Waals surface area contributed by atoms with Gasteiger partial charge in [0.1, 0.15) is 6.04 Å². The Labute approximate surface area is 162 Å². The Morgan fingerprint density at radius 3 is 2.30 bits per heavy atom. The Morgan fingerprint density at radius 1 is 1.04 bits per heavy atom. The highest BCUT2D eigenvalue weighted by Gasteiger charge is 2.23. The van der Waals surface area contributed by atoms with Gasteiger partial charge in [0, 0.05) is 24.6 Å². The van der Waals surface area contributed by atoms with Crippen molar-refractivity contribution in [2.45, 2.75) is 66.0 Å². The SMILES string of the molecule is CCC(C)NC(=O)CCNC(=O)C(CC(C)C)NC(=O)c1ccccc1C. The van der Waals surface area contributed by atoms with Crippen molar-refractivity contribution in [1.29, 1.82) is 0 Å². The van der Waals surface area contributed by atoms with E-state index in [1.165, 1.54) is 0 Å². The van der Waals surface area contributed by atoms with Gasteiger partial charge in [0.25, 0.3) is 5.91 Å². The summed E-state index contributed by atoms with van der Waals surface area (Å²) in [7, 11) is 0. The monoisotopic (exact) mass is 375 g/mol. The minimum absolute atomic E-state index is 0.0889. The van der Waals surface area contributed by atoms with Crippen molar-refractivity contribution >= 4 is 17.7 Å². The summed E-state index contributed by atoms with van der Waals surface area (Å²) in [6, 6.07) is 6.77. The molecule has 0 saturated carbocycles. The summed E-state index contributed by atoms with van der Waals surface area (Å²) in [5.41, 5.74) is 1.42. The van der Waals surface area contributed by atoms with Gasteiger partial charge in [-0.25, -0.2) is 0 Å². The number of hydrogen-bond donors (Lipinski definition) is 3. The highest BCUT2D eigenvalue weighted by atomic mass is 16.2. The molecule has 2 atom stereocenters. The maximum atomic E-state index is 12.5. The number of nitrogens with one attached hydrogen (secondary N) is 3. The van der Waals surface area contributed by atoms with E-state index in [9.17, 15) is 14.4 Å².